The standard InChI is InChI=1S/C12H17NO3S/c1-5-16-12(15)9-6-8(4)17-11(9)13-10(14)7(2)3/h6-7H,5H2,1-4H3,(H,13,14). The molecule has 0 unspecified atom stereocenters. The van der Waals surface area contributed by atoms with Gasteiger partial charge in [-0.05, 0) is 19.9 Å². The number of hydrogen-bond acceptors (Lipinski definition) is 4. The molecule has 94 valence electrons. The highest BCUT2D eigenvalue weighted by Gasteiger charge is 2.18. The number of amides is 1. The molecule has 17 heavy (non-hydrogen) atoms. The maximum atomic E-state index is 11.7. The van der Waals surface area contributed by atoms with Crippen LogP contribution >= 0.6 is 11.3 Å². The van der Waals surface area contributed by atoms with Gasteiger partial charge in [-0.25, -0.2) is 4.79 Å². The summed E-state index contributed by atoms with van der Waals surface area (Å²) in [4.78, 5) is 24.2. The zero-order valence-corrected chi connectivity index (χ0v) is 11.3. The van der Waals surface area contributed by atoms with Crippen molar-refractivity contribution in [2.45, 2.75) is 27.7 Å². The third kappa shape index (κ3) is 3.56. The van der Waals surface area contributed by atoms with E-state index < -0.39 is 5.97 Å². The summed E-state index contributed by atoms with van der Waals surface area (Å²) in [6.45, 7) is 7.58. The lowest BCUT2D eigenvalue weighted by atomic mass is 10.2. The van der Waals surface area contributed by atoms with E-state index in [1.807, 2.05) is 6.92 Å². The highest BCUT2D eigenvalue weighted by molar-refractivity contribution is 7.16. The summed E-state index contributed by atoms with van der Waals surface area (Å²) in [6.07, 6.45) is 0. The predicted octanol–water partition coefficient (Wildman–Crippen LogP) is 2.83. The van der Waals surface area contributed by atoms with Crippen LogP contribution in [0.1, 0.15) is 36.0 Å². The minimum atomic E-state index is -0.393. The number of rotatable bonds is 4. The van der Waals surface area contributed by atoms with Gasteiger partial charge < -0.3 is 10.1 Å². The van der Waals surface area contributed by atoms with Gasteiger partial charge in [0.2, 0.25) is 5.91 Å². The quantitative estimate of drug-likeness (QED) is 0.842. The molecule has 1 N–H and O–H groups in total. The van der Waals surface area contributed by atoms with Crippen LogP contribution < -0.4 is 5.32 Å². The molecule has 0 spiro atoms. The number of hydrogen-bond donors (Lipinski definition) is 1. The Morgan fingerprint density at radius 2 is 2.12 bits per heavy atom. The Kier molecular flexibility index (Phi) is 4.69. The molecule has 0 aromatic carbocycles. The van der Waals surface area contributed by atoms with Gasteiger partial charge in [0.25, 0.3) is 0 Å². The van der Waals surface area contributed by atoms with Gasteiger partial charge in [-0.2, -0.15) is 0 Å². The van der Waals surface area contributed by atoms with Gasteiger partial charge in [0.15, 0.2) is 0 Å². The number of thiophene rings is 1. The Bertz CT molecular complexity index is 423. The van der Waals surface area contributed by atoms with E-state index in [0.717, 1.165) is 4.88 Å². The molecule has 0 saturated carbocycles. The fourth-order valence-electron chi connectivity index (χ4n) is 1.22. The topological polar surface area (TPSA) is 55.4 Å². The first-order valence-electron chi connectivity index (χ1n) is 5.54. The van der Waals surface area contributed by atoms with Crippen molar-refractivity contribution in [3.05, 3.63) is 16.5 Å². The van der Waals surface area contributed by atoms with Crippen molar-refractivity contribution in [2.75, 3.05) is 11.9 Å². The smallest absolute Gasteiger partial charge is 0.341 e. The normalized spacial score (nSPS) is 10.4. The third-order valence-electron chi connectivity index (χ3n) is 2.11. The summed E-state index contributed by atoms with van der Waals surface area (Å²) in [6, 6.07) is 1.73. The first-order chi connectivity index (χ1) is 7.95. The van der Waals surface area contributed by atoms with Gasteiger partial charge in [0.05, 0.1) is 12.2 Å². The summed E-state index contributed by atoms with van der Waals surface area (Å²) >= 11 is 1.38. The van der Waals surface area contributed by atoms with Crippen molar-refractivity contribution in [2.24, 2.45) is 5.92 Å². The largest absolute Gasteiger partial charge is 0.462 e. The predicted molar refractivity (Wildman–Crippen MR) is 68.5 cm³/mol. The Morgan fingerprint density at radius 1 is 1.47 bits per heavy atom. The van der Waals surface area contributed by atoms with E-state index in [2.05, 4.69) is 5.32 Å². The highest BCUT2D eigenvalue weighted by Crippen LogP contribution is 2.28. The maximum absolute atomic E-state index is 11.7. The Labute approximate surface area is 105 Å². The molecule has 1 aromatic heterocycles. The van der Waals surface area contributed by atoms with Crippen molar-refractivity contribution in [1.29, 1.82) is 0 Å². The fraction of sp³-hybridized carbons (Fsp3) is 0.500. The second kappa shape index (κ2) is 5.82. The van der Waals surface area contributed by atoms with E-state index in [4.69, 9.17) is 4.74 Å². The lowest BCUT2D eigenvalue weighted by Crippen LogP contribution is -2.18. The number of anilines is 1. The molecule has 0 fully saturated rings. The third-order valence-corrected chi connectivity index (χ3v) is 3.08. The van der Waals surface area contributed by atoms with E-state index in [9.17, 15) is 9.59 Å². The van der Waals surface area contributed by atoms with Gasteiger partial charge in [-0.1, -0.05) is 13.8 Å². The van der Waals surface area contributed by atoms with Crippen molar-refractivity contribution in [1.82, 2.24) is 0 Å². The number of ether oxygens (including phenoxy) is 1. The first kappa shape index (κ1) is 13.7. The highest BCUT2D eigenvalue weighted by atomic mass is 32.1. The Morgan fingerprint density at radius 3 is 2.65 bits per heavy atom. The van der Waals surface area contributed by atoms with E-state index in [1.54, 1.807) is 26.8 Å². The van der Waals surface area contributed by atoms with Crippen LogP contribution in [0.5, 0.6) is 0 Å². The lowest BCUT2D eigenvalue weighted by molar-refractivity contribution is -0.118. The summed E-state index contributed by atoms with van der Waals surface area (Å²) in [7, 11) is 0. The van der Waals surface area contributed by atoms with E-state index in [0.29, 0.717) is 17.2 Å². The maximum Gasteiger partial charge on any atom is 0.341 e. The molecule has 0 saturated heterocycles. The van der Waals surface area contributed by atoms with Gasteiger partial charge in [0, 0.05) is 10.8 Å². The number of carbonyl (C=O) groups is 2. The van der Waals surface area contributed by atoms with E-state index >= 15 is 0 Å². The molecule has 1 amide bonds. The molecule has 1 rings (SSSR count). The number of esters is 1. The molecule has 1 aromatic rings. The summed E-state index contributed by atoms with van der Waals surface area (Å²) in [5, 5.41) is 3.32. The Hall–Kier alpha value is -1.36. The second-order valence-corrected chi connectivity index (χ2v) is 5.22. The van der Waals surface area contributed by atoms with E-state index in [1.165, 1.54) is 11.3 Å². The second-order valence-electron chi connectivity index (χ2n) is 3.96. The van der Waals surface area contributed by atoms with Crippen LogP contribution in [0, 0.1) is 12.8 Å². The molecule has 4 nitrogen and oxygen atoms in total. The molecule has 1 heterocycles. The number of nitrogens with one attached hydrogen (secondary N) is 1. The monoisotopic (exact) mass is 255 g/mol. The molecule has 0 radical (unpaired) electrons. The molecule has 0 aliphatic heterocycles. The van der Waals surface area contributed by atoms with Crippen molar-refractivity contribution < 1.29 is 14.3 Å². The van der Waals surface area contributed by atoms with Crippen molar-refractivity contribution in [3.63, 3.8) is 0 Å². The first-order valence-corrected chi connectivity index (χ1v) is 6.35. The van der Waals surface area contributed by atoms with Crippen molar-refractivity contribution >= 4 is 28.2 Å². The minimum Gasteiger partial charge on any atom is -0.462 e. The molecule has 0 aliphatic carbocycles. The number of carbonyl (C=O) groups excluding carboxylic acids is 2. The minimum absolute atomic E-state index is 0.0996. The van der Waals surface area contributed by atoms with Gasteiger partial charge >= 0.3 is 5.97 Å². The number of aryl methyl sites for hydroxylation is 1. The van der Waals surface area contributed by atoms with Crippen LogP contribution in [0.25, 0.3) is 0 Å². The molecule has 5 heteroatoms. The fourth-order valence-corrected chi connectivity index (χ4v) is 2.13. The zero-order valence-electron chi connectivity index (χ0n) is 10.5. The average Bonchev–Trinajstić information content (AvgIpc) is 2.59. The molecular weight excluding hydrogens is 238 g/mol. The van der Waals surface area contributed by atoms with Gasteiger partial charge in [0.1, 0.15) is 5.00 Å². The molecule has 0 aliphatic rings. The summed E-state index contributed by atoms with van der Waals surface area (Å²) < 4.78 is 4.94. The lowest BCUT2D eigenvalue weighted by Gasteiger charge is -2.07. The molecule has 0 bridgehead atoms. The summed E-state index contributed by atoms with van der Waals surface area (Å²) in [5.41, 5.74) is 0.434. The zero-order chi connectivity index (χ0) is 13.0. The van der Waals surface area contributed by atoms with Crippen molar-refractivity contribution in [3.8, 4) is 0 Å². The molecule has 0 atom stereocenters. The summed E-state index contributed by atoms with van der Waals surface area (Å²) in [5.74, 6) is -0.610. The van der Waals surface area contributed by atoms with Gasteiger partial charge in [-0.3, -0.25) is 4.79 Å². The van der Waals surface area contributed by atoms with E-state index in [-0.39, 0.29) is 11.8 Å². The molecular formula is C12H17NO3S. The van der Waals surface area contributed by atoms with Crippen LogP contribution in [-0.2, 0) is 9.53 Å². The van der Waals surface area contributed by atoms with Crippen LogP contribution in [-0.4, -0.2) is 18.5 Å². The SMILES string of the molecule is CCOC(=O)c1cc(C)sc1NC(=O)C(C)C. The van der Waals surface area contributed by atoms with Crippen LogP contribution in [0.3, 0.4) is 0 Å². The van der Waals surface area contributed by atoms with Crippen LogP contribution in [0.15, 0.2) is 6.07 Å². The van der Waals surface area contributed by atoms with Crippen LogP contribution in [0.2, 0.25) is 0 Å². The Balaban J connectivity index is 2.92. The van der Waals surface area contributed by atoms with Gasteiger partial charge in [-0.15, -0.1) is 11.3 Å². The van der Waals surface area contributed by atoms with Crippen LogP contribution in [0.4, 0.5) is 5.00 Å². The average molecular weight is 255 g/mol.